The Morgan fingerprint density at radius 2 is 2.25 bits per heavy atom. The normalized spacial score (nSPS) is 10.9. The summed E-state index contributed by atoms with van der Waals surface area (Å²) in [7, 11) is 2.15. The summed E-state index contributed by atoms with van der Waals surface area (Å²) in [6.07, 6.45) is 2.87. The number of hydrogen-bond donors (Lipinski definition) is 0. The Bertz CT molecular complexity index is 397. The van der Waals surface area contributed by atoms with Crippen LogP contribution in [0.15, 0.2) is 41.2 Å². The predicted molar refractivity (Wildman–Crippen MR) is 68.6 cm³/mol. The lowest BCUT2D eigenvalue weighted by Gasteiger charge is -2.15. The molecule has 0 unspecified atom stereocenters. The first kappa shape index (κ1) is 11.3. The Labute approximate surface area is 101 Å². The molecule has 3 heteroatoms. The van der Waals surface area contributed by atoms with Crippen molar-refractivity contribution in [2.75, 3.05) is 13.6 Å². The Hall–Kier alpha value is -1.19. The van der Waals surface area contributed by atoms with Gasteiger partial charge in [0.05, 0.1) is 0 Å². The van der Waals surface area contributed by atoms with Crippen molar-refractivity contribution in [3.63, 3.8) is 0 Å². The first-order valence-electron chi connectivity index (χ1n) is 5.44. The van der Waals surface area contributed by atoms with Crippen LogP contribution in [0, 0.1) is 0 Å². The molecule has 0 fully saturated rings. The molecule has 0 aliphatic carbocycles. The molecule has 2 aromatic rings. The molecule has 2 nitrogen and oxygen atoms in total. The van der Waals surface area contributed by atoms with E-state index in [9.17, 15) is 0 Å². The standard InChI is InChI=1S/C13H16N2S/c1-15(10-12-6-9-16-11-12)8-5-13-4-2-3-7-14-13/h2-4,6-7,9,11H,5,8,10H2,1H3. The Morgan fingerprint density at radius 1 is 1.31 bits per heavy atom. The van der Waals surface area contributed by atoms with Gasteiger partial charge in [0.1, 0.15) is 0 Å². The molecule has 0 atom stereocenters. The minimum atomic E-state index is 1.02. The Kier molecular flexibility index (Phi) is 4.08. The Morgan fingerprint density at radius 3 is 2.94 bits per heavy atom. The fourth-order valence-electron chi connectivity index (χ4n) is 1.62. The van der Waals surface area contributed by atoms with Gasteiger partial charge in [-0.2, -0.15) is 11.3 Å². The van der Waals surface area contributed by atoms with Gasteiger partial charge in [-0.15, -0.1) is 0 Å². The quantitative estimate of drug-likeness (QED) is 0.788. The first-order valence-corrected chi connectivity index (χ1v) is 6.38. The molecule has 0 aliphatic rings. The summed E-state index contributed by atoms with van der Waals surface area (Å²) in [5.41, 5.74) is 2.56. The van der Waals surface area contributed by atoms with Crippen LogP contribution in [0.3, 0.4) is 0 Å². The summed E-state index contributed by atoms with van der Waals surface area (Å²) < 4.78 is 0. The van der Waals surface area contributed by atoms with E-state index < -0.39 is 0 Å². The minimum Gasteiger partial charge on any atom is -0.302 e. The molecule has 2 aromatic heterocycles. The molecule has 0 radical (unpaired) electrons. The molecule has 84 valence electrons. The van der Waals surface area contributed by atoms with Crippen LogP contribution in [0.25, 0.3) is 0 Å². The molecule has 0 N–H and O–H groups in total. The lowest BCUT2D eigenvalue weighted by molar-refractivity contribution is 0.330. The SMILES string of the molecule is CN(CCc1ccccn1)Cc1ccsc1. The summed E-state index contributed by atoms with van der Waals surface area (Å²) in [5, 5.41) is 4.33. The van der Waals surface area contributed by atoms with Crippen LogP contribution < -0.4 is 0 Å². The molecule has 0 aromatic carbocycles. The van der Waals surface area contributed by atoms with Gasteiger partial charge in [0.15, 0.2) is 0 Å². The number of hydrogen-bond acceptors (Lipinski definition) is 3. The van der Waals surface area contributed by atoms with Crippen LogP contribution in [0.4, 0.5) is 0 Å². The van der Waals surface area contributed by atoms with E-state index >= 15 is 0 Å². The van der Waals surface area contributed by atoms with Crippen molar-refractivity contribution in [1.29, 1.82) is 0 Å². The van der Waals surface area contributed by atoms with Gasteiger partial charge in [-0.05, 0) is 41.6 Å². The van der Waals surface area contributed by atoms with Crippen molar-refractivity contribution < 1.29 is 0 Å². The van der Waals surface area contributed by atoms with Gasteiger partial charge >= 0.3 is 0 Å². The van der Waals surface area contributed by atoms with E-state index in [1.54, 1.807) is 11.3 Å². The highest BCUT2D eigenvalue weighted by Gasteiger charge is 2.01. The summed E-state index contributed by atoms with van der Waals surface area (Å²) in [6.45, 7) is 2.07. The molecule has 0 bridgehead atoms. The third-order valence-corrected chi connectivity index (χ3v) is 3.24. The average Bonchev–Trinajstić information content (AvgIpc) is 2.81. The summed E-state index contributed by atoms with van der Waals surface area (Å²) in [5.74, 6) is 0. The maximum atomic E-state index is 4.32. The highest BCUT2D eigenvalue weighted by atomic mass is 32.1. The number of pyridine rings is 1. The molecule has 16 heavy (non-hydrogen) atoms. The van der Waals surface area contributed by atoms with E-state index in [0.717, 1.165) is 19.5 Å². The monoisotopic (exact) mass is 232 g/mol. The fraction of sp³-hybridized carbons (Fsp3) is 0.308. The third kappa shape index (κ3) is 3.43. The molecule has 2 heterocycles. The predicted octanol–water partition coefficient (Wildman–Crippen LogP) is 2.82. The zero-order valence-electron chi connectivity index (χ0n) is 9.47. The lowest BCUT2D eigenvalue weighted by Crippen LogP contribution is -2.20. The zero-order chi connectivity index (χ0) is 11.2. The molecule has 0 saturated heterocycles. The van der Waals surface area contributed by atoms with Crippen LogP contribution in [0.1, 0.15) is 11.3 Å². The van der Waals surface area contributed by atoms with Crippen LogP contribution >= 0.6 is 11.3 Å². The van der Waals surface area contributed by atoms with Gasteiger partial charge in [0, 0.05) is 31.4 Å². The maximum absolute atomic E-state index is 4.32. The fourth-order valence-corrected chi connectivity index (χ4v) is 2.28. The van der Waals surface area contributed by atoms with Crippen molar-refractivity contribution in [2.24, 2.45) is 0 Å². The number of likely N-dealkylation sites (N-methyl/N-ethyl adjacent to an activating group) is 1. The third-order valence-electron chi connectivity index (χ3n) is 2.51. The van der Waals surface area contributed by atoms with E-state index in [1.807, 2.05) is 18.3 Å². The second-order valence-electron chi connectivity index (χ2n) is 3.94. The minimum absolute atomic E-state index is 1.02. The summed E-state index contributed by atoms with van der Waals surface area (Å²) in [6, 6.07) is 8.26. The second kappa shape index (κ2) is 5.77. The molecule has 0 amide bonds. The molecule has 0 spiro atoms. The average molecular weight is 232 g/mol. The van der Waals surface area contributed by atoms with E-state index in [-0.39, 0.29) is 0 Å². The highest BCUT2D eigenvalue weighted by Crippen LogP contribution is 2.08. The van der Waals surface area contributed by atoms with Crippen LogP contribution in [-0.4, -0.2) is 23.5 Å². The van der Waals surface area contributed by atoms with Gasteiger partial charge < -0.3 is 4.90 Å². The number of rotatable bonds is 5. The highest BCUT2D eigenvalue weighted by molar-refractivity contribution is 7.07. The number of thiophene rings is 1. The van der Waals surface area contributed by atoms with Crippen LogP contribution in [0.5, 0.6) is 0 Å². The van der Waals surface area contributed by atoms with E-state index in [2.05, 4.69) is 39.8 Å². The summed E-state index contributed by atoms with van der Waals surface area (Å²) in [4.78, 5) is 6.65. The molecule has 0 aliphatic heterocycles. The van der Waals surface area contributed by atoms with Gasteiger partial charge in [-0.3, -0.25) is 4.98 Å². The summed E-state index contributed by atoms with van der Waals surface area (Å²) >= 11 is 1.76. The van der Waals surface area contributed by atoms with Gasteiger partial charge in [0.25, 0.3) is 0 Å². The van der Waals surface area contributed by atoms with E-state index in [0.29, 0.717) is 0 Å². The molecular formula is C13H16N2S. The molecule has 0 saturated carbocycles. The van der Waals surface area contributed by atoms with Gasteiger partial charge in [-0.1, -0.05) is 6.07 Å². The Balaban J connectivity index is 1.78. The second-order valence-corrected chi connectivity index (χ2v) is 4.72. The van der Waals surface area contributed by atoms with Gasteiger partial charge in [0.2, 0.25) is 0 Å². The largest absolute Gasteiger partial charge is 0.302 e. The van der Waals surface area contributed by atoms with Crippen molar-refractivity contribution in [3.8, 4) is 0 Å². The zero-order valence-corrected chi connectivity index (χ0v) is 10.3. The van der Waals surface area contributed by atoms with Crippen LogP contribution in [0.2, 0.25) is 0 Å². The van der Waals surface area contributed by atoms with E-state index in [1.165, 1.54) is 11.3 Å². The van der Waals surface area contributed by atoms with Gasteiger partial charge in [-0.25, -0.2) is 0 Å². The lowest BCUT2D eigenvalue weighted by atomic mass is 10.2. The van der Waals surface area contributed by atoms with Crippen molar-refractivity contribution in [3.05, 3.63) is 52.5 Å². The first-order chi connectivity index (χ1) is 7.84. The van der Waals surface area contributed by atoms with Crippen molar-refractivity contribution in [2.45, 2.75) is 13.0 Å². The topological polar surface area (TPSA) is 16.1 Å². The van der Waals surface area contributed by atoms with Crippen LogP contribution in [-0.2, 0) is 13.0 Å². The van der Waals surface area contributed by atoms with Crippen molar-refractivity contribution >= 4 is 11.3 Å². The van der Waals surface area contributed by atoms with Crippen molar-refractivity contribution in [1.82, 2.24) is 9.88 Å². The van der Waals surface area contributed by atoms with E-state index in [4.69, 9.17) is 0 Å². The molecular weight excluding hydrogens is 216 g/mol. The smallest absolute Gasteiger partial charge is 0.0416 e. The number of aromatic nitrogens is 1. The molecule has 2 rings (SSSR count). The number of nitrogens with zero attached hydrogens (tertiary/aromatic N) is 2. The maximum Gasteiger partial charge on any atom is 0.0416 e.